The summed E-state index contributed by atoms with van der Waals surface area (Å²) in [6.45, 7) is 4.68. The van der Waals surface area contributed by atoms with E-state index >= 15 is 0 Å². The summed E-state index contributed by atoms with van der Waals surface area (Å²) in [5.74, 6) is 1.96. The highest BCUT2D eigenvalue weighted by Crippen LogP contribution is 2.33. The van der Waals surface area contributed by atoms with Crippen LogP contribution in [0.25, 0.3) is 10.9 Å². The molecule has 0 bridgehead atoms. The van der Waals surface area contributed by atoms with Crippen molar-refractivity contribution in [2.75, 3.05) is 61.1 Å². The molecule has 1 aliphatic carbocycles. The minimum atomic E-state index is -3.44. The van der Waals surface area contributed by atoms with E-state index < -0.39 is 10.0 Å². The van der Waals surface area contributed by atoms with Gasteiger partial charge in [-0.05, 0) is 38.8 Å². The average molecular weight is 569 g/mol. The lowest BCUT2D eigenvalue weighted by Gasteiger charge is -2.31. The second kappa shape index (κ2) is 11.3. The molecule has 0 atom stereocenters. The van der Waals surface area contributed by atoms with E-state index in [1.165, 1.54) is 11.8 Å². The van der Waals surface area contributed by atoms with Gasteiger partial charge in [0.05, 0.1) is 48.0 Å². The van der Waals surface area contributed by atoms with E-state index in [0.29, 0.717) is 41.6 Å². The zero-order chi connectivity index (χ0) is 27.7. The molecular weight excluding hydrogens is 532 g/mol. The smallest absolute Gasteiger partial charge is 0.229 e. The summed E-state index contributed by atoms with van der Waals surface area (Å²) in [6, 6.07) is 3.95. The predicted molar refractivity (Wildman–Crippen MR) is 153 cm³/mol. The quantitative estimate of drug-likeness (QED) is 0.435. The Morgan fingerprint density at radius 3 is 2.60 bits per heavy atom. The number of fused-ring (bicyclic) bond motifs is 2. The van der Waals surface area contributed by atoms with Gasteiger partial charge in [-0.1, -0.05) is 0 Å². The molecule has 3 aromatic rings. The molecule has 0 radical (unpaired) electrons. The SMILES string of the molecule is CN1CCc2nc(N[C@H]3CC[C@@H](Oc4nc(N5CCOCC5)cc5ncc(NS(C)(=O)=O)cc45)CC3)ncc2C1. The summed E-state index contributed by atoms with van der Waals surface area (Å²) in [5, 5.41) is 4.22. The molecule has 13 heteroatoms. The van der Waals surface area contributed by atoms with Gasteiger partial charge in [-0.3, -0.25) is 9.71 Å². The van der Waals surface area contributed by atoms with Gasteiger partial charge in [-0.15, -0.1) is 0 Å². The molecule has 0 amide bonds. The van der Waals surface area contributed by atoms with Gasteiger partial charge < -0.3 is 24.6 Å². The third-order valence-corrected chi connectivity index (χ3v) is 8.29. The molecule has 3 aliphatic rings. The standard InChI is InChI=1S/C27H36N8O4S/c1-34-8-7-23-18(17-34)15-29-27(31-23)30-19-3-5-21(6-4-19)39-26-22-13-20(33-40(2,36)37)16-28-24(22)14-25(32-26)35-9-11-38-12-10-35/h13-16,19,21,33H,3-12,17H2,1-2H3,(H,29,30,31)/t19-,21+. The number of hydrogen-bond acceptors (Lipinski definition) is 11. The van der Waals surface area contributed by atoms with Gasteiger partial charge in [0.1, 0.15) is 11.9 Å². The van der Waals surface area contributed by atoms with E-state index in [0.717, 1.165) is 76.1 Å². The van der Waals surface area contributed by atoms with Crippen LogP contribution in [0.2, 0.25) is 0 Å². The van der Waals surface area contributed by atoms with Crippen LogP contribution in [0.4, 0.5) is 17.5 Å². The van der Waals surface area contributed by atoms with Gasteiger partial charge in [0, 0.05) is 56.5 Å². The van der Waals surface area contributed by atoms with Crippen LogP contribution in [0.1, 0.15) is 36.9 Å². The maximum atomic E-state index is 11.8. The van der Waals surface area contributed by atoms with E-state index in [1.807, 2.05) is 12.3 Å². The Labute approximate surface area is 234 Å². The molecule has 1 saturated carbocycles. The third kappa shape index (κ3) is 6.37. The van der Waals surface area contributed by atoms with Crippen molar-refractivity contribution in [3.05, 3.63) is 35.8 Å². The lowest BCUT2D eigenvalue weighted by molar-refractivity contribution is 0.122. The molecule has 40 heavy (non-hydrogen) atoms. The number of hydrogen-bond donors (Lipinski definition) is 2. The highest BCUT2D eigenvalue weighted by Gasteiger charge is 2.26. The largest absolute Gasteiger partial charge is 0.474 e. The van der Waals surface area contributed by atoms with Gasteiger partial charge in [0.2, 0.25) is 21.9 Å². The molecule has 3 aromatic heterocycles. The van der Waals surface area contributed by atoms with Gasteiger partial charge in [-0.2, -0.15) is 4.98 Å². The van der Waals surface area contributed by atoms with Crippen molar-refractivity contribution in [1.82, 2.24) is 24.8 Å². The molecule has 2 aliphatic heterocycles. The minimum Gasteiger partial charge on any atom is -0.474 e. The summed E-state index contributed by atoms with van der Waals surface area (Å²) < 4.78 is 38.2. The fraction of sp³-hybridized carbons (Fsp3) is 0.556. The lowest BCUT2D eigenvalue weighted by Crippen LogP contribution is -2.37. The van der Waals surface area contributed by atoms with Gasteiger partial charge >= 0.3 is 0 Å². The molecule has 2 fully saturated rings. The zero-order valence-corrected chi connectivity index (χ0v) is 23.8. The van der Waals surface area contributed by atoms with Crippen molar-refractivity contribution in [2.45, 2.75) is 50.8 Å². The first-order chi connectivity index (χ1) is 19.3. The highest BCUT2D eigenvalue weighted by molar-refractivity contribution is 7.92. The summed E-state index contributed by atoms with van der Waals surface area (Å²) in [6.07, 6.45) is 9.09. The molecule has 6 rings (SSSR count). The topological polar surface area (TPSA) is 135 Å². The predicted octanol–water partition coefficient (Wildman–Crippen LogP) is 2.42. The number of nitrogens with zero attached hydrogens (tertiary/aromatic N) is 6. The van der Waals surface area contributed by atoms with E-state index in [2.05, 4.69) is 36.9 Å². The Morgan fingerprint density at radius 1 is 1.02 bits per heavy atom. The van der Waals surface area contributed by atoms with Crippen LogP contribution < -0.4 is 19.7 Å². The first-order valence-electron chi connectivity index (χ1n) is 13.9. The molecule has 0 aromatic carbocycles. The van der Waals surface area contributed by atoms with Gasteiger partial charge in [0.25, 0.3) is 0 Å². The molecule has 5 heterocycles. The number of rotatable bonds is 7. The number of anilines is 3. The number of pyridine rings is 2. The number of nitrogens with one attached hydrogen (secondary N) is 2. The first-order valence-corrected chi connectivity index (χ1v) is 15.8. The monoisotopic (exact) mass is 568 g/mol. The minimum absolute atomic E-state index is 0.0137. The van der Waals surface area contributed by atoms with Crippen LogP contribution in [-0.2, 0) is 27.7 Å². The van der Waals surface area contributed by atoms with Crippen LogP contribution in [0, 0.1) is 0 Å². The van der Waals surface area contributed by atoms with Crippen LogP contribution in [0.15, 0.2) is 24.5 Å². The normalized spacial score (nSPS) is 22.1. The number of morpholine rings is 1. The van der Waals surface area contributed by atoms with Crippen LogP contribution in [0.3, 0.4) is 0 Å². The van der Waals surface area contributed by atoms with Crippen molar-refractivity contribution in [2.24, 2.45) is 0 Å². The second-order valence-electron chi connectivity index (χ2n) is 10.9. The van der Waals surface area contributed by atoms with E-state index in [9.17, 15) is 8.42 Å². The molecule has 1 saturated heterocycles. The summed E-state index contributed by atoms with van der Waals surface area (Å²) >= 11 is 0. The van der Waals surface area contributed by atoms with Crippen molar-refractivity contribution < 1.29 is 17.9 Å². The van der Waals surface area contributed by atoms with Crippen molar-refractivity contribution in [1.29, 1.82) is 0 Å². The zero-order valence-electron chi connectivity index (χ0n) is 23.0. The maximum absolute atomic E-state index is 11.8. The Bertz CT molecular complexity index is 1470. The number of sulfonamides is 1. The fourth-order valence-corrected chi connectivity index (χ4v) is 6.13. The molecule has 214 valence electrons. The summed E-state index contributed by atoms with van der Waals surface area (Å²) in [4.78, 5) is 23.2. The molecule has 12 nitrogen and oxygen atoms in total. The average Bonchev–Trinajstić information content (AvgIpc) is 2.94. The lowest BCUT2D eigenvalue weighted by atomic mass is 9.93. The Hall–Kier alpha value is -3.29. The van der Waals surface area contributed by atoms with Crippen molar-refractivity contribution in [3.63, 3.8) is 0 Å². The van der Waals surface area contributed by atoms with E-state index in [-0.39, 0.29) is 12.1 Å². The fourth-order valence-electron chi connectivity index (χ4n) is 5.59. The molecular formula is C27H36N8O4S. The van der Waals surface area contributed by atoms with Crippen LogP contribution in [0.5, 0.6) is 5.88 Å². The van der Waals surface area contributed by atoms with E-state index in [1.54, 1.807) is 6.07 Å². The van der Waals surface area contributed by atoms with Crippen molar-refractivity contribution >= 4 is 38.4 Å². The summed E-state index contributed by atoms with van der Waals surface area (Å²) in [7, 11) is -1.32. The Morgan fingerprint density at radius 2 is 1.82 bits per heavy atom. The molecule has 0 spiro atoms. The number of likely N-dealkylation sites (N-methyl/N-ethyl adjacent to an activating group) is 1. The first kappa shape index (κ1) is 26.9. The second-order valence-corrected chi connectivity index (χ2v) is 12.7. The van der Waals surface area contributed by atoms with E-state index in [4.69, 9.17) is 19.4 Å². The van der Waals surface area contributed by atoms with Crippen molar-refractivity contribution in [3.8, 4) is 5.88 Å². The number of ether oxygens (including phenoxy) is 2. The van der Waals surface area contributed by atoms with Gasteiger partial charge in [0.15, 0.2) is 0 Å². The molecule has 2 N–H and O–H groups in total. The summed E-state index contributed by atoms with van der Waals surface area (Å²) in [5.41, 5.74) is 3.44. The highest BCUT2D eigenvalue weighted by atomic mass is 32.2. The third-order valence-electron chi connectivity index (χ3n) is 7.68. The maximum Gasteiger partial charge on any atom is 0.229 e. The number of aromatic nitrogens is 4. The Balaban J connectivity index is 1.17. The molecule has 0 unspecified atom stereocenters. The van der Waals surface area contributed by atoms with Crippen LogP contribution in [-0.4, -0.2) is 91.6 Å². The van der Waals surface area contributed by atoms with Gasteiger partial charge in [-0.25, -0.2) is 18.4 Å². The Kier molecular flexibility index (Phi) is 7.60. The van der Waals surface area contributed by atoms with Crippen LogP contribution >= 0.6 is 0 Å².